The molecule has 1 rings (SSSR count). The van der Waals surface area contributed by atoms with E-state index in [1.54, 1.807) is 39.9 Å². The van der Waals surface area contributed by atoms with E-state index in [1.165, 1.54) is 4.68 Å². The highest BCUT2D eigenvalue weighted by Crippen LogP contribution is 2.22. The van der Waals surface area contributed by atoms with Gasteiger partial charge in [0.25, 0.3) is 0 Å². The molecular formula is C12H22N4O4S. The lowest BCUT2D eigenvalue weighted by Crippen LogP contribution is -2.40. The zero-order chi connectivity index (χ0) is 16.4. The van der Waals surface area contributed by atoms with Gasteiger partial charge in [-0.25, -0.2) is 8.42 Å². The van der Waals surface area contributed by atoms with Crippen molar-refractivity contribution in [2.24, 2.45) is 7.05 Å². The maximum Gasteiger partial charge on any atom is 0.318 e. The molecule has 1 aromatic rings. The summed E-state index contributed by atoms with van der Waals surface area (Å²) in [6, 6.07) is 0. The predicted octanol–water partition coefficient (Wildman–Crippen LogP) is -0.326. The molecule has 0 radical (unpaired) electrons. The SMILES string of the molecule is Cc1nn(C)c(C)c1S(=O)(=O)N(CCN(C)C)CC(=O)O. The van der Waals surface area contributed by atoms with E-state index >= 15 is 0 Å². The van der Waals surface area contributed by atoms with Crippen LogP contribution in [0.15, 0.2) is 4.90 Å². The minimum atomic E-state index is -3.89. The average Bonchev–Trinajstić information content (AvgIpc) is 2.58. The van der Waals surface area contributed by atoms with E-state index in [1.807, 2.05) is 0 Å². The minimum absolute atomic E-state index is 0.0880. The number of likely N-dealkylation sites (N-methyl/N-ethyl adjacent to an activating group) is 1. The molecule has 1 aromatic heterocycles. The first-order chi connectivity index (χ1) is 9.57. The first kappa shape index (κ1) is 17.6. The second-order valence-electron chi connectivity index (χ2n) is 5.16. The largest absolute Gasteiger partial charge is 0.480 e. The molecule has 0 saturated carbocycles. The lowest BCUT2D eigenvalue weighted by molar-refractivity contribution is -0.137. The molecule has 0 bridgehead atoms. The van der Waals surface area contributed by atoms with Crippen LogP contribution in [-0.4, -0.2) is 72.2 Å². The van der Waals surface area contributed by atoms with E-state index in [-0.39, 0.29) is 11.4 Å². The number of carboxylic acids is 1. The van der Waals surface area contributed by atoms with E-state index in [0.29, 0.717) is 17.9 Å². The van der Waals surface area contributed by atoms with Crippen LogP contribution in [0.2, 0.25) is 0 Å². The van der Waals surface area contributed by atoms with Crippen LogP contribution in [0, 0.1) is 13.8 Å². The van der Waals surface area contributed by atoms with Crippen molar-refractivity contribution < 1.29 is 18.3 Å². The van der Waals surface area contributed by atoms with E-state index < -0.39 is 22.5 Å². The lowest BCUT2D eigenvalue weighted by atomic mass is 10.4. The Morgan fingerprint density at radius 3 is 2.24 bits per heavy atom. The standard InChI is InChI=1S/C12H22N4O4S/c1-9-12(10(2)15(5)13-9)21(19,20)16(8-11(17)18)7-6-14(3)4/h6-8H2,1-5H3,(H,17,18). The molecule has 0 aliphatic heterocycles. The summed E-state index contributed by atoms with van der Waals surface area (Å²) in [4.78, 5) is 12.9. The number of rotatable bonds is 7. The minimum Gasteiger partial charge on any atom is -0.480 e. The topological polar surface area (TPSA) is 95.7 Å². The van der Waals surface area contributed by atoms with Crippen LogP contribution in [-0.2, 0) is 21.9 Å². The van der Waals surface area contributed by atoms with Crippen LogP contribution in [0.4, 0.5) is 0 Å². The Balaban J connectivity index is 3.23. The molecule has 0 saturated heterocycles. The summed E-state index contributed by atoms with van der Waals surface area (Å²) in [6.07, 6.45) is 0. The molecule has 0 atom stereocenters. The molecule has 1 N–H and O–H groups in total. The van der Waals surface area contributed by atoms with Crippen molar-refractivity contribution in [3.63, 3.8) is 0 Å². The Hall–Kier alpha value is -1.45. The normalized spacial score (nSPS) is 12.3. The molecule has 0 unspecified atom stereocenters. The molecule has 120 valence electrons. The summed E-state index contributed by atoms with van der Waals surface area (Å²) in [5.41, 5.74) is 0.864. The van der Waals surface area contributed by atoms with Gasteiger partial charge in [0, 0.05) is 20.1 Å². The summed E-state index contributed by atoms with van der Waals surface area (Å²) >= 11 is 0. The molecule has 0 aromatic carbocycles. The van der Waals surface area contributed by atoms with E-state index in [0.717, 1.165) is 4.31 Å². The first-order valence-corrected chi connectivity index (χ1v) is 7.88. The number of nitrogens with zero attached hydrogens (tertiary/aromatic N) is 4. The molecule has 0 amide bonds. The monoisotopic (exact) mass is 318 g/mol. The highest BCUT2D eigenvalue weighted by molar-refractivity contribution is 7.89. The number of carbonyl (C=O) groups is 1. The highest BCUT2D eigenvalue weighted by Gasteiger charge is 2.31. The zero-order valence-corrected chi connectivity index (χ0v) is 13.8. The molecule has 21 heavy (non-hydrogen) atoms. The number of aryl methyl sites for hydroxylation is 2. The van der Waals surface area contributed by atoms with Gasteiger partial charge in [-0.1, -0.05) is 0 Å². The van der Waals surface area contributed by atoms with Gasteiger partial charge < -0.3 is 10.0 Å². The van der Waals surface area contributed by atoms with Gasteiger partial charge in [0.2, 0.25) is 10.0 Å². The number of aromatic nitrogens is 2. The Labute approximate surface area is 125 Å². The van der Waals surface area contributed by atoms with Crippen molar-refractivity contribution in [1.82, 2.24) is 19.0 Å². The van der Waals surface area contributed by atoms with Gasteiger partial charge in [0.15, 0.2) is 0 Å². The second-order valence-corrected chi connectivity index (χ2v) is 7.03. The molecular weight excluding hydrogens is 296 g/mol. The fraction of sp³-hybridized carbons (Fsp3) is 0.667. The van der Waals surface area contributed by atoms with Crippen molar-refractivity contribution in [2.75, 3.05) is 33.7 Å². The molecule has 1 heterocycles. The first-order valence-electron chi connectivity index (χ1n) is 6.44. The smallest absolute Gasteiger partial charge is 0.318 e. The number of hydrogen-bond donors (Lipinski definition) is 1. The number of carboxylic acid groups (broad SMARTS) is 1. The fourth-order valence-corrected chi connectivity index (χ4v) is 3.78. The summed E-state index contributed by atoms with van der Waals surface area (Å²) < 4.78 is 27.9. The average molecular weight is 318 g/mol. The van der Waals surface area contributed by atoms with E-state index in [9.17, 15) is 13.2 Å². The Morgan fingerprint density at radius 2 is 1.86 bits per heavy atom. The van der Waals surface area contributed by atoms with Crippen molar-refractivity contribution in [3.05, 3.63) is 11.4 Å². The number of sulfonamides is 1. The maximum absolute atomic E-state index is 12.7. The Kier molecular flexibility index (Phi) is 5.48. The third-order valence-corrected chi connectivity index (χ3v) is 5.25. The summed E-state index contributed by atoms with van der Waals surface area (Å²) in [7, 11) is 1.36. The van der Waals surface area contributed by atoms with Gasteiger partial charge in [-0.15, -0.1) is 0 Å². The molecule has 0 aliphatic carbocycles. The van der Waals surface area contributed by atoms with Crippen LogP contribution in [0.1, 0.15) is 11.4 Å². The molecule has 0 fully saturated rings. The molecule has 8 nitrogen and oxygen atoms in total. The van der Waals surface area contributed by atoms with Gasteiger partial charge in [0.05, 0.1) is 11.4 Å². The highest BCUT2D eigenvalue weighted by atomic mass is 32.2. The number of hydrogen-bond acceptors (Lipinski definition) is 5. The third kappa shape index (κ3) is 4.02. The van der Waals surface area contributed by atoms with Gasteiger partial charge in [-0.05, 0) is 27.9 Å². The van der Waals surface area contributed by atoms with Crippen LogP contribution in [0.25, 0.3) is 0 Å². The maximum atomic E-state index is 12.7. The van der Waals surface area contributed by atoms with E-state index in [4.69, 9.17) is 5.11 Å². The van der Waals surface area contributed by atoms with Crippen LogP contribution in [0.3, 0.4) is 0 Å². The van der Waals surface area contributed by atoms with Crippen LogP contribution in [0.5, 0.6) is 0 Å². The summed E-state index contributed by atoms with van der Waals surface area (Å²) in [5.74, 6) is -1.18. The number of aliphatic carboxylic acids is 1. The Bertz CT molecular complexity index is 621. The van der Waals surface area contributed by atoms with Gasteiger partial charge in [-0.3, -0.25) is 9.48 Å². The quantitative estimate of drug-likeness (QED) is 0.740. The molecule has 0 aliphatic rings. The van der Waals surface area contributed by atoms with Gasteiger partial charge >= 0.3 is 5.97 Å². The van der Waals surface area contributed by atoms with Crippen molar-refractivity contribution in [1.29, 1.82) is 0 Å². The van der Waals surface area contributed by atoms with Crippen LogP contribution >= 0.6 is 0 Å². The predicted molar refractivity (Wildman–Crippen MR) is 77.6 cm³/mol. The molecule has 9 heteroatoms. The fourth-order valence-electron chi connectivity index (χ4n) is 2.00. The molecule has 0 spiro atoms. The lowest BCUT2D eigenvalue weighted by Gasteiger charge is -2.22. The Morgan fingerprint density at radius 1 is 1.29 bits per heavy atom. The second kappa shape index (κ2) is 6.54. The van der Waals surface area contributed by atoms with Crippen LogP contribution < -0.4 is 0 Å². The van der Waals surface area contributed by atoms with Crippen molar-refractivity contribution >= 4 is 16.0 Å². The summed E-state index contributed by atoms with van der Waals surface area (Å²) in [5, 5.41) is 13.0. The third-order valence-electron chi connectivity index (χ3n) is 3.15. The van der Waals surface area contributed by atoms with Crippen molar-refractivity contribution in [3.8, 4) is 0 Å². The zero-order valence-electron chi connectivity index (χ0n) is 13.0. The summed E-state index contributed by atoms with van der Waals surface area (Å²) in [6.45, 7) is 3.23. The van der Waals surface area contributed by atoms with Gasteiger partial charge in [0.1, 0.15) is 11.4 Å². The van der Waals surface area contributed by atoms with Gasteiger partial charge in [-0.2, -0.15) is 9.40 Å². The van der Waals surface area contributed by atoms with E-state index in [2.05, 4.69) is 5.10 Å². The van der Waals surface area contributed by atoms with Crippen molar-refractivity contribution in [2.45, 2.75) is 18.7 Å².